The molecule has 0 aromatic carbocycles. The summed E-state index contributed by atoms with van der Waals surface area (Å²) in [6.07, 6.45) is 0. The van der Waals surface area contributed by atoms with Gasteiger partial charge in [-0.3, -0.25) is 9.69 Å². The number of carbonyl (C=O) groups is 1. The zero-order valence-corrected chi connectivity index (χ0v) is 10.7. The predicted molar refractivity (Wildman–Crippen MR) is 65.0 cm³/mol. The van der Waals surface area contributed by atoms with Gasteiger partial charge in [-0.2, -0.15) is 0 Å². The van der Waals surface area contributed by atoms with Crippen LogP contribution < -0.4 is 5.73 Å². The molecule has 0 aliphatic carbocycles. The number of hydrogen-bond acceptors (Lipinski definition) is 5. The van der Waals surface area contributed by atoms with E-state index < -0.39 is 12.0 Å². The van der Waals surface area contributed by atoms with E-state index in [1.54, 1.807) is 4.90 Å². The van der Waals surface area contributed by atoms with E-state index in [0.29, 0.717) is 39.5 Å². The van der Waals surface area contributed by atoms with E-state index >= 15 is 0 Å². The second-order valence-electron chi connectivity index (χ2n) is 3.52. The highest BCUT2D eigenvalue weighted by Gasteiger charge is 2.23. The standard InChI is InChI=1S/C11H24N2O4/c1-3-16-7-5-13(6-8-17-4-2)10(9-12)11(14)15/h10H,3-9,12H2,1-2H3,(H,14,15). The molecule has 102 valence electrons. The maximum Gasteiger partial charge on any atom is 0.322 e. The van der Waals surface area contributed by atoms with Gasteiger partial charge in [-0.05, 0) is 13.8 Å². The molecule has 0 amide bonds. The Morgan fingerprint density at radius 2 is 1.71 bits per heavy atom. The molecule has 0 aromatic rings. The maximum absolute atomic E-state index is 11.0. The molecule has 0 bridgehead atoms. The zero-order valence-electron chi connectivity index (χ0n) is 10.7. The third kappa shape index (κ3) is 7.27. The minimum absolute atomic E-state index is 0.0909. The van der Waals surface area contributed by atoms with Gasteiger partial charge in [0.05, 0.1) is 13.2 Å². The van der Waals surface area contributed by atoms with E-state index in [-0.39, 0.29) is 6.54 Å². The second kappa shape index (κ2) is 10.5. The Hall–Kier alpha value is -0.690. The Balaban J connectivity index is 4.20. The van der Waals surface area contributed by atoms with Crippen LogP contribution in [-0.2, 0) is 14.3 Å². The molecule has 0 spiro atoms. The molecule has 6 nitrogen and oxygen atoms in total. The normalized spacial score (nSPS) is 12.9. The van der Waals surface area contributed by atoms with E-state index in [9.17, 15) is 4.79 Å². The van der Waals surface area contributed by atoms with Crippen LogP contribution in [0.4, 0.5) is 0 Å². The molecule has 3 N–H and O–H groups in total. The zero-order chi connectivity index (χ0) is 13.1. The van der Waals surface area contributed by atoms with E-state index in [0.717, 1.165) is 0 Å². The molecule has 0 saturated heterocycles. The van der Waals surface area contributed by atoms with Crippen molar-refractivity contribution in [2.24, 2.45) is 5.73 Å². The second-order valence-corrected chi connectivity index (χ2v) is 3.52. The van der Waals surface area contributed by atoms with Crippen molar-refractivity contribution in [2.45, 2.75) is 19.9 Å². The molecule has 1 atom stereocenters. The fourth-order valence-electron chi connectivity index (χ4n) is 1.48. The van der Waals surface area contributed by atoms with Crippen molar-refractivity contribution in [1.82, 2.24) is 4.90 Å². The predicted octanol–water partition coefficient (Wildman–Crippen LogP) is -0.227. The number of nitrogens with zero attached hydrogens (tertiary/aromatic N) is 1. The Morgan fingerprint density at radius 3 is 2.00 bits per heavy atom. The first kappa shape index (κ1) is 16.3. The number of rotatable bonds is 11. The van der Waals surface area contributed by atoms with Crippen LogP contribution >= 0.6 is 0 Å². The molecule has 0 aromatic heterocycles. The summed E-state index contributed by atoms with van der Waals surface area (Å²) in [7, 11) is 0. The van der Waals surface area contributed by atoms with Crippen LogP contribution in [0.15, 0.2) is 0 Å². The van der Waals surface area contributed by atoms with Crippen molar-refractivity contribution in [3.63, 3.8) is 0 Å². The van der Waals surface area contributed by atoms with Gasteiger partial charge in [0.2, 0.25) is 0 Å². The molecule has 0 radical (unpaired) electrons. The van der Waals surface area contributed by atoms with Crippen molar-refractivity contribution < 1.29 is 19.4 Å². The summed E-state index contributed by atoms with van der Waals surface area (Å²) in [5.41, 5.74) is 5.48. The third-order valence-electron chi connectivity index (χ3n) is 2.40. The largest absolute Gasteiger partial charge is 0.480 e. The number of carboxylic acid groups (broad SMARTS) is 1. The first-order chi connectivity index (χ1) is 8.17. The van der Waals surface area contributed by atoms with Gasteiger partial charge < -0.3 is 20.3 Å². The molecular weight excluding hydrogens is 224 g/mol. The summed E-state index contributed by atoms with van der Waals surface area (Å²) < 4.78 is 10.5. The average molecular weight is 248 g/mol. The van der Waals surface area contributed by atoms with Crippen LogP contribution in [0.2, 0.25) is 0 Å². The van der Waals surface area contributed by atoms with Gasteiger partial charge in [0.25, 0.3) is 0 Å². The molecule has 0 fully saturated rings. The van der Waals surface area contributed by atoms with Crippen molar-refractivity contribution >= 4 is 5.97 Å². The highest BCUT2D eigenvalue weighted by molar-refractivity contribution is 5.73. The number of ether oxygens (including phenoxy) is 2. The van der Waals surface area contributed by atoms with Crippen molar-refractivity contribution in [2.75, 3.05) is 46.1 Å². The molecule has 1 unspecified atom stereocenters. The van der Waals surface area contributed by atoms with E-state index in [1.165, 1.54) is 0 Å². The summed E-state index contributed by atoms with van der Waals surface area (Å²) in [4.78, 5) is 12.8. The van der Waals surface area contributed by atoms with Gasteiger partial charge in [-0.15, -0.1) is 0 Å². The van der Waals surface area contributed by atoms with Crippen LogP contribution in [0.5, 0.6) is 0 Å². The summed E-state index contributed by atoms with van der Waals surface area (Å²) in [6, 6.07) is -0.670. The Labute approximate surface area is 103 Å². The fraction of sp³-hybridized carbons (Fsp3) is 0.909. The van der Waals surface area contributed by atoms with Crippen LogP contribution in [0, 0.1) is 0 Å². The lowest BCUT2D eigenvalue weighted by molar-refractivity contribution is -0.143. The van der Waals surface area contributed by atoms with Gasteiger partial charge in [-0.25, -0.2) is 0 Å². The van der Waals surface area contributed by atoms with Gasteiger partial charge in [0.1, 0.15) is 6.04 Å². The van der Waals surface area contributed by atoms with Crippen LogP contribution in [0.25, 0.3) is 0 Å². The molecule has 0 rings (SSSR count). The summed E-state index contributed by atoms with van der Waals surface area (Å²) in [6.45, 7) is 7.26. The summed E-state index contributed by atoms with van der Waals surface area (Å²) >= 11 is 0. The van der Waals surface area contributed by atoms with Gasteiger partial charge in [0, 0.05) is 32.8 Å². The molecular formula is C11H24N2O4. The third-order valence-corrected chi connectivity index (χ3v) is 2.40. The topological polar surface area (TPSA) is 85.0 Å². The van der Waals surface area contributed by atoms with E-state index in [1.807, 2.05) is 13.8 Å². The first-order valence-corrected chi connectivity index (χ1v) is 5.99. The Bertz CT molecular complexity index is 192. The molecule has 0 aliphatic heterocycles. The molecule has 17 heavy (non-hydrogen) atoms. The van der Waals surface area contributed by atoms with E-state index in [4.69, 9.17) is 20.3 Å². The highest BCUT2D eigenvalue weighted by atomic mass is 16.5. The fourth-order valence-corrected chi connectivity index (χ4v) is 1.48. The minimum Gasteiger partial charge on any atom is -0.480 e. The molecule has 0 heterocycles. The molecule has 6 heteroatoms. The average Bonchev–Trinajstić information content (AvgIpc) is 2.29. The van der Waals surface area contributed by atoms with Crippen LogP contribution in [-0.4, -0.2) is 68.1 Å². The van der Waals surface area contributed by atoms with Crippen LogP contribution in [0.1, 0.15) is 13.8 Å². The number of hydrogen-bond donors (Lipinski definition) is 2. The highest BCUT2D eigenvalue weighted by Crippen LogP contribution is 1.99. The molecule has 0 saturated carbocycles. The molecule has 0 aliphatic rings. The quantitative estimate of drug-likeness (QED) is 0.491. The SMILES string of the molecule is CCOCCN(CCOCC)C(CN)C(=O)O. The number of carboxylic acids is 1. The monoisotopic (exact) mass is 248 g/mol. The number of nitrogens with two attached hydrogens (primary N) is 1. The smallest absolute Gasteiger partial charge is 0.322 e. The summed E-state index contributed by atoms with van der Waals surface area (Å²) in [5, 5.41) is 9.05. The van der Waals surface area contributed by atoms with Crippen molar-refractivity contribution in [1.29, 1.82) is 0 Å². The van der Waals surface area contributed by atoms with Gasteiger partial charge in [-0.1, -0.05) is 0 Å². The Morgan fingerprint density at radius 1 is 1.24 bits per heavy atom. The van der Waals surface area contributed by atoms with E-state index in [2.05, 4.69) is 0 Å². The van der Waals surface area contributed by atoms with Gasteiger partial charge >= 0.3 is 5.97 Å². The van der Waals surface area contributed by atoms with Crippen LogP contribution in [0.3, 0.4) is 0 Å². The minimum atomic E-state index is -0.902. The van der Waals surface area contributed by atoms with Crippen molar-refractivity contribution in [3.05, 3.63) is 0 Å². The van der Waals surface area contributed by atoms with Gasteiger partial charge in [0.15, 0.2) is 0 Å². The lowest BCUT2D eigenvalue weighted by atomic mass is 10.2. The van der Waals surface area contributed by atoms with Crippen molar-refractivity contribution in [3.8, 4) is 0 Å². The lowest BCUT2D eigenvalue weighted by Crippen LogP contribution is -2.48. The lowest BCUT2D eigenvalue weighted by Gasteiger charge is -2.27. The first-order valence-electron chi connectivity index (χ1n) is 5.99. The summed E-state index contributed by atoms with van der Waals surface area (Å²) in [5.74, 6) is -0.902. The Kier molecular flexibility index (Phi) is 10.0. The number of aliphatic carboxylic acids is 1. The maximum atomic E-state index is 11.0.